The Balaban J connectivity index is 0.00000288. The molecular weight excluding hydrogens is 328 g/mol. The van der Waals surface area contributed by atoms with Gasteiger partial charge >= 0.3 is 0 Å². The van der Waals surface area contributed by atoms with Crippen molar-refractivity contribution in [2.45, 2.75) is 19.5 Å². The normalized spacial score (nSPS) is 11.1. The molecule has 2 rings (SSSR count). The molecule has 0 heterocycles. The minimum Gasteiger partial charge on any atom is -0.493 e. The molecule has 0 radical (unpaired) electrons. The predicted octanol–water partition coefficient (Wildman–Crippen LogP) is 2.83. The van der Waals surface area contributed by atoms with Gasteiger partial charge in [-0.05, 0) is 30.2 Å². The van der Waals surface area contributed by atoms with Crippen molar-refractivity contribution >= 4 is 18.3 Å². The quantitative estimate of drug-likeness (QED) is 0.805. The molecule has 0 spiro atoms. The molecule has 0 saturated heterocycles. The highest BCUT2D eigenvalue weighted by Crippen LogP contribution is 2.28. The summed E-state index contributed by atoms with van der Waals surface area (Å²) in [5.74, 6) is 1.11. The van der Waals surface area contributed by atoms with Crippen LogP contribution >= 0.6 is 12.4 Å². The zero-order valence-electron chi connectivity index (χ0n) is 13.8. The summed E-state index contributed by atoms with van der Waals surface area (Å²) in [6.45, 7) is 2.86. The maximum absolute atomic E-state index is 12.1. The third-order valence-corrected chi connectivity index (χ3v) is 3.44. The molecule has 0 saturated carbocycles. The summed E-state index contributed by atoms with van der Waals surface area (Å²) in [6, 6.07) is 14.2. The SMILES string of the molecule is CCOc1ccc(CNC(=O)C(N)c2ccccc2)cc1OC.Cl. The lowest BCUT2D eigenvalue weighted by molar-refractivity contribution is -0.122. The van der Waals surface area contributed by atoms with Gasteiger partial charge in [0.05, 0.1) is 13.7 Å². The summed E-state index contributed by atoms with van der Waals surface area (Å²) in [7, 11) is 1.59. The molecule has 1 amide bonds. The van der Waals surface area contributed by atoms with Crippen LogP contribution in [0.5, 0.6) is 11.5 Å². The van der Waals surface area contributed by atoms with Gasteiger partial charge in [0.1, 0.15) is 6.04 Å². The minimum atomic E-state index is -0.680. The largest absolute Gasteiger partial charge is 0.493 e. The van der Waals surface area contributed by atoms with Crippen molar-refractivity contribution in [1.82, 2.24) is 5.32 Å². The number of carbonyl (C=O) groups excluding carboxylic acids is 1. The average molecular weight is 351 g/mol. The number of methoxy groups -OCH3 is 1. The van der Waals surface area contributed by atoms with Gasteiger partial charge in [-0.15, -0.1) is 12.4 Å². The van der Waals surface area contributed by atoms with Crippen LogP contribution in [0.15, 0.2) is 48.5 Å². The van der Waals surface area contributed by atoms with Crippen molar-refractivity contribution in [2.24, 2.45) is 5.73 Å². The number of halogens is 1. The predicted molar refractivity (Wildman–Crippen MR) is 96.6 cm³/mol. The molecule has 24 heavy (non-hydrogen) atoms. The van der Waals surface area contributed by atoms with E-state index in [0.717, 1.165) is 11.1 Å². The first-order chi connectivity index (χ1) is 11.2. The van der Waals surface area contributed by atoms with Crippen LogP contribution in [0.2, 0.25) is 0 Å². The Kier molecular flexibility index (Phi) is 8.09. The Hall–Kier alpha value is -2.24. The van der Waals surface area contributed by atoms with E-state index in [1.807, 2.05) is 55.5 Å². The van der Waals surface area contributed by atoms with Crippen LogP contribution < -0.4 is 20.5 Å². The third-order valence-electron chi connectivity index (χ3n) is 3.44. The fraction of sp³-hybridized carbons (Fsp3) is 0.278. The second-order valence-electron chi connectivity index (χ2n) is 5.02. The van der Waals surface area contributed by atoms with E-state index in [-0.39, 0.29) is 18.3 Å². The van der Waals surface area contributed by atoms with E-state index in [9.17, 15) is 4.79 Å². The number of hydrogen-bond acceptors (Lipinski definition) is 4. The van der Waals surface area contributed by atoms with E-state index in [4.69, 9.17) is 15.2 Å². The number of nitrogens with one attached hydrogen (secondary N) is 1. The molecule has 3 N–H and O–H groups in total. The second kappa shape index (κ2) is 9.80. The fourth-order valence-corrected chi connectivity index (χ4v) is 2.21. The van der Waals surface area contributed by atoms with Crippen molar-refractivity contribution in [2.75, 3.05) is 13.7 Å². The van der Waals surface area contributed by atoms with Crippen LogP contribution in [0.3, 0.4) is 0 Å². The first kappa shape index (κ1) is 19.8. The van der Waals surface area contributed by atoms with E-state index >= 15 is 0 Å². The van der Waals surface area contributed by atoms with Crippen LogP contribution in [-0.4, -0.2) is 19.6 Å². The lowest BCUT2D eigenvalue weighted by Gasteiger charge is -2.14. The first-order valence-corrected chi connectivity index (χ1v) is 7.53. The van der Waals surface area contributed by atoms with Crippen LogP contribution in [0, 0.1) is 0 Å². The summed E-state index contributed by atoms with van der Waals surface area (Å²) in [4.78, 5) is 12.1. The molecule has 130 valence electrons. The first-order valence-electron chi connectivity index (χ1n) is 7.53. The van der Waals surface area contributed by atoms with E-state index < -0.39 is 6.04 Å². The van der Waals surface area contributed by atoms with Gasteiger partial charge in [0.15, 0.2) is 11.5 Å². The lowest BCUT2D eigenvalue weighted by Crippen LogP contribution is -2.33. The van der Waals surface area contributed by atoms with E-state index in [2.05, 4.69) is 5.32 Å². The Morgan fingerprint density at radius 3 is 2.50 bits per heavy atom. The molecule has 2 aromatic carbocycles. The maximum atomic E-state index is 12.1. The second-order valence-corrected chi connectivity index (χ2v) is 5.02. The van der Waals surface area contributed by atoms with Crippen LogP contribution in [-0.2, 0) is 11.3 Å². The molecule has 5 nitrogen and oxygen atoms in total. The van der Waals surface area contributed by atoms with Crippen molar-refractivity contribution in [3.05, 3.63) is 59.7 Å². The summed E-state index contributed by atoms with van der Waals surface area (Å²) in [5, 5.41) is 2.84. The number of rotatable bonds is 7. The Morgan fingerprint density at radius 1 is 1.17 bits per heavy atom. The lowest BCUT2D eigenvalue weighted by atomic mass is 10.1. The molecule has 0 aliphatic heterocycles. The minimum absolute atomic E-state index is 0. The molecule has 2 aromatic rings. The summed E-state index contributed by atoms with van der Waals surface area (Å²) in [5.41, 5.74) is 7.67. The Labute approximate surface area is 148 Å². The van der Waals surface area contributed by atoms with Gasteiger partial charge < -0.3 is 20.5 Å². The van der Waals surface area contributed by atoms with Gasteiger partial charge in [-0.2, -0.15) is 0 Å². The number of carbonyl (C=O) groups is 1. The zero-order valence-corrected chi connectivity index (χ0v) is 14.6. The number of nitrogens with two attached hydrogens (primary N) is 1. The van der Waals surface area contributed by atoms with Gasteiger partial charge in [0.2, 0.25) is 5.91 Å². The smallest absolute Gasteiger partial charge is 0.241 e. The van der Waals surface area contributed by atoms with Gasteiger partial charge in [-0.3, -0.25) is 4.79 Å². The van der Waals surface area contributed by atoms with E-state index in [0.29, 0.717) is 24.7 Å². The molecule has 0 aliphatic rings. The molecule has 0 aromatic heterocycles. The molecule has 0 bridgehead atoms. The van der Waals surface area contributed by atoms with Crippen LogP contribution in [0.25, 0.3) is 0 Å². The molecule has 0 aliphatic carbocycles. The standard InChI is InChI=1S/C18H22N2O3.ClH/c1-3-23-15-10-9-13(11-16(15)22-2)12-20-18(21)17(19)14-7-5-4-6-8-14;/h4-11,17H,3,12,19H2,1-2H3,(H,20,21);1H. The Morgan fingerprint density at radius 2 is 1.88 bits per heavy atom. The number of hydrogen-bond donors (Lipinski definition) is 2. The van der Waals surface area contributed by atoms with Crippen molar-refractivity contribution in [1.29, 1.82) is 0 Å². The number of amides is 1. The van der Waals surface area contributed by atoms with E-state index in [1.54, 1.807) is 7.11 Å². The molecule has 1 unspecified atom stereocenters. The number of benzene rings is 2. The van der Waals surface area contributed by atoms with Gasteiger partial charge in [0, 0.05) is 6.54 Å². The summed E-state index contributed by atoms with van der Waals surface area (Å²) in [6.07, 6.45) is 0. The van der Waals surface area contributed by atoms with Crippen molar-refractivity contribution < 1.29 is 14.3 Å². The monoisotopic (exact) mass is 350 g/mol. The van der Waals surface area contributed by atoms with Gasteiger partial charge in [-0.1, -0.05) is 36.4 Å². The molecule has 0 fully saturated rings. The Bertz CT molecular complexity index is 650. The van der Waals surface area contributed by atoms with Crippen LogP contribution in [0.4, 0.5) is 0 Å². The highest BCUT2D eigenvalue weighted by atomic mass is 35.5. The summed E-state index contributed by atoms with van der Waals surface area (Å²) >= 11 is 0. The summed E-state index contributed by atoms with van der Waals surface area (Å²) < 4.78 is 10.8. The highest BCUT2D eigenvalue weighted by Gasteiger charge is 2.15. The maximum Gasteiger partial charge on any atom is 0.241 e. The average Bonchev–Trinajstić information content (AvgIpc) is 2.60. The van der Waals surface area contributed by atoms with Crippen LogP contribution in [0.1, 0.15) is 24.1 Å². The fourth-order valence-electron chi connectivity index (χ4n) is 2.21. The zero-order chi connectivity index (χ0) is 16.7. The van der Waals surface area contributed by atoms with Gasteiger partial charge in [0.25, 0.3) is 0 Å². The molecule has 6 heteroatoms. The van der Waals surface area contributed by atoms with Gasteiger partial charge in [-0.25, -0.2) is 0 Å². The molecular formula is C18H23ClN2O3. The highest BCUT2D eigenvalue weighted by molar-refractivity contribution is 5.85. The third kappa shape index (κ3) is 5.15. The van der Waals surface area contributed by atoms with E-state index in [1.165, 1.54) is 0 Å². The molecule has 1 atom stereocenters. The number of ether oxygens (including phenoxy) is 2. The van der Waals surface area contributed by atoms with Crippen molar-refractivity contribution in [3.8, 4) is 11.5 Å². The van der Waals surface area contributed by atoms with Crippen molar-refractivity contribution in [3.63, 3.8) is 0 Å². The topological polar surface area (TPSA) is 73.6 Å².